The summed E-state index contributed by atoms with van der Waals surface area (Å²) in [6.45, 7) is 0. The van der Waals surface area contributed by atoms with Crippen LogP contribution in [0.2, 0.25) is 0 Å². The molecule has 0 bridgehead atoms. The lowest BCUT2D eigenvalue weighted by atomic mass is 10.2. The molecule has 0 saturated carbocycles. The predicted octanol–water partition coefficient (Wildman–Crippen LogP) is 1.22. The van der Waals surface area contributed by atoms with Gasteiger partial charge >= 0.3 is 12.3 Å². The van der Waals surface area contributed by atoms with Gasteiger partial charge in [0.25, 0.3) is 0 Å². The first-order valence-electron chi connectivity index (χ1n) is 4.32. The number of ether oxygens (including phenoxy) is 2. The number of rotatable bonds is 2. The lowest BCUT2D eigenvalue weighted by molar-refractivity contribution is -0.274. The number of anilines is 1. The van der Waals surface area contributed by atoms with Gasteiger partial charge in [-0.3, -0.25) is 0 Å². The van der Waals surface area contributed by atoms with Gasteiger partial charge in [-0.25, -0.2) is 9.78 Å². The first-order chi connectivity index (χ1) is 8.30. The SMILES string of the molecule is COC(=O)c1ncc(N)c(C#N)c1OC(F)(F)F. The van der Waals surface area contributed by atoms with Gasteiger partial charge in [-0.1, -0.05) is 0 Å². The summed E-state index contributed by atoms with van der Waals surface area (Å²) in [4.78, 5) is 14.6. The maximum Gasteiger partial charge on any atom is 0.573 e. The second-order valence-corrected chi connectivity index (χ2v) is 2.92. The summed E-state index contributed by atoms with van der Waals surface area (Å²) in [7, 11) is 0.948. The molecule has 1 aromatic heterocycles. The summed E-state index contributed by atoms with van der Waals surface area (Å²) in [6.07, 6.45) is -4.22. The zero-order chi connectivity index (χ0) is 13.9. The molecule has 0 unspecified atom stereocenters. The van der Waals surface area contributed by atoms with Crippen molar-refractivity contribution in [2.45, 2.75) is 6.36 Å². The van der Waals surface area contributed by atoms with Crippen LogP contribution >= 0.6 is 0 Å². The maximum absolute atomic E-state index is 12.2. The number of hydrogen-bond acceptors (Lipinski definition) is 6. The second-order valence-electron chi connectivity index (χ2n) is 2.92. The molecule has 1 heterocycles. The van der Waals surface area contributed by atoms with E-state index in [1.165, 1.54) is 6.07 Å². The van der Waals surface area contributed by atoms with Crippen LogP contribution in [0, 0.1) is 11.3 Å². The molecule has 1 aromatic rings. The Kier molecular flexibility index (Phi) is 3.61. The Morgan fingerprint density at radius 2 is 2.17 bits per heavy atom. The zero-order valence-corrected chi connectivity index (χ0v) is 8.91. The average molecular weight is 261 g/mol. The van der Waals surface area contributed by atoms with Crippen LogP contribution in [0.15, 0.2) is 6.20 Å². The number of pyridine rings is 1. The largest absolute Gasteiger partial charge is 0.573 e. The summed E-state index contributed by atoms with van der Waals surface area (Å²) in [5.74, 6) is -2.25. The highest BCUT2D eigenvalue weighted by Gasteiger charge is 2.36. The lowest BCUT2D eigenvalue weighted by Crippen LogP contribution is -2.21. The van der Waals surface area contributed by atoms with E-state index in [1.54, 1.807) is 0 Å². The molecule has 0 radical (unpaired) electrons. The minimum atomic E-state index is -5.09. The van der Waals surface area contributed by atoms with Crippen molar-refractivity contribution < 1.29 is 27.4 Å². The lowest BCUT2D eigenvalue weighted by Gasteiger charge is -2.13. The van der Waals surface area contributed by atoms with E-state index in [4.69, 9.17) is 11.0 Å². The van der Waals surface area contributed by atoms with Crippen molar-refractivity contribution in [3.05, 3.63) is 17.5 Å². The molecular formula is C9H6F3N3O3. The van der Waals surface area contributed by atoms with Crippen LogP contribution in [0.25, 0.3) is 0 Å². The van der Waals surface area contributed by atoms with Crippen molar-refractivity contribution in [1.29, 1.82) is 5.26 Å². The highest BCUT2D eigenvalue weighted by molar-refractivity contribution is 5.92. The summed E-state index contributed by atoms with van der Waals surface area (Å²) < 4.78 is 44.4. The van der Waals surface area contributed by atoms with Gasteiger partial charge in [0.15, 0.2) is 11.4 Å². The normalized spacial score (nSPS) is 10.6. The van der Waals surface area contributed by atoms with Gasteiger partial charge in [-0.2, -0.15) is 5.26 Å². The molecule has 0 saturated heterocycles. The van der Waals surface area contributed by atoms with Crippen LogP contribution in [-0.4, -0.2) is 24.4 Å². The maximum atomic E-state index is 12.2. The average Bonchev–Trinajstić information content (AvgIpc) is 2.26. The number of hydrogen-bond donors (Lipinski definition) is 1. The van der Waals surface area contributed by atoms with Crippen molar-refractivity contribution in [2.24, 2.45) is 0 Å². The molecule has 96 valence electrons. The molecule has 0 fully saturated rings. The number of aromatic nitrogens is 1. The number of nitrogens with zero attached hydrogens (tertiary/aromatic N) is 2. The number of nitrogens with two attached hydrogens (primary N) is 1. The summed E-state index contributed by atoms with van der Waals surface area (Å²) >= 11 is 0. The van der Waals surface area contributed by atoms with Gasteiger partial charge in [0.2, 0.25) is 0 Å². The number of nitriles is 1. The molecule has 0 aliphatic rings. The Hall–Kier alpha value is -2.50. The van der Waals surface area contributed by atoms with Gasteiger partial charge in [0.05, 0.1) is 19.0 Å². The number of carbonyl (C=O) groups is 1. The quantitative estimate of drug-likeness (QED) is 0.803. The van der Waals surface area contributed by atoms with E-state index in [0.29, 0.717) is 0 Å². The van der Waals surface area contributed by atoms with Gasteiger partial charge in [-0.15, -0.1) is 13.2 Å². The van der Waals surface area contributed by atoms with Crippen LogP contribution in [0.1, 0.15) is 16.1 Å². The Bertz CT molecular complexity index is 522. The smallest absolute Gasteiger partial charge is 0.464 e. The fourth-order valence-corrected chi connectivity index (χ4v) is 1.08. The van der Waals surface area contributed by atoms with E-state index in [-0.39, 0.29) is 5.69 Å². The highest BCUT2D eigenvalue weighted by atomic mass is 19.4. The molecular weight excluding hydrogens is 255 g/mol. The summed E-state index contributed by atoms with van der Waals surface area (Å²) in [5.41, 5.74) is 3.52. The standard InChI is InChI=1S/C9H6F3N3O3/c1-17-8(16)6-7(18-9(10,11)12)4(2-13)5(14)3-15-6/h3H,14H2,1H3. The molecule has 9 heteroatoms. The molecule has 0 spiro atoms. The van der Waals surface area contributed by atoms with Crippen molar-refractivity contribution in [3.63, 3.8) is 0 Å². The van der Waals surface area contributed by atoms with E-state index in [9.17, 15) is 18.0 Å². The van der Waals surface area contributed by atoms with Crippen molar-refractivity contribution >= 4 is 11.7 Å². The third-order valence-corrected chi connectivity index (χ3v) is 1.77. The van der Waals surface area contributed by atoms with E-state index in [0.717, 1.165) is 13.3 Å². The molecule has 18 heavy (non-hydrogen) atoms. The number of carbonyl (C=O) groups excluding carboxylic acids is 1. The number of esters is 1. The van der Waals surface area contributed by atoms with Gasteiger partial charge in [-0.05, 0) is 0 Å². The van der Waals surface area contributed by atoms with Gasteiger partial charge in [0.1, 0.15) is 11.6 Å². The van der Waals surface area contributed by atoms with Gasteiger partial charge < -0.3 is 15.2 Å². The molecule has 0 atom stereocenters. The van der Waals surface area contributed by atoms with E-state index in [1.807, 2.05) is 0 Å². The Balaban J connectivity index is 3.45. The Labute approximate surface area is 98.7 Å². The van der Waals surface area contributed by atoms with E-state index >= 15 is 0 Å². The fourth-order valence-electron chi connectivity index (χ4n) is 1.08. The third-order valence-electron chi connectivity index (χ3n) is 1.77. The Morgan fingerprint density at radius 1 is 1.56 bits per heavy atom. The molecule has 1 rings (SSSR count). The molecule has 6 nitrogen and oxygen atoms in total. The van der Waals surface area contributed by atoms with Crippen molar-refractivity contribution in [1.82, 2.24) is 4.98 Å². The van der Waals surface area contributed by atoms with Gasteiger partial charge in [0, 0.05) is 0 Å². The first kappa shape index (κ1) is 13.6. The van der Waals surface area contributed by atoms with Crippen LogP contribution in [0.4, 0.5) is 18.9 Å². The monoisotopic (exact) mass is 261 g/mol. The third kappa shape index (κ3) is 2.79. The molecule has 2 N–H and O–H groups in total. The van der Waals surface area contributed by atoms with Crippen LogP contribution in [-0.2, 0) is 4.74 Å². The minimum absolute atomic E-state index is 0.343. The minimum Gasteiger partial charge on any atom is -0.464 e. The van der Waals surface area contributed by atoms with Crippen LogP contribution in [0.5, 0.6) is 5.75 Å². The Morgan fingerprint density at radius 3 is 2.61 bits per heavy atom. The first-order valence-corrected chi connectivity index (χ1v) is 4.32. The summed E-state index contributed by atoms with van der Waals surface area (Å²) in [6, 6.07) is 1.41. The van der Waals surface area contributed by atoms with Crippen LogP contribution < -0.4 is 10.5 Å². The molecule has 0 amide bonds. The fraction of sp³-hybridized carbons (Fsp3) is 0.222. The highest BCUT2D eigenvalue weighted by Crippen LogP contribution is 2.32. The van der Waals surface area contributed by atoms with Crippen molar-refractivity contribution in [3.8, 4) is 11.8 Å². The number of alkyl halides is 3. The van der Waals surface area contributed by atoms with Crippen molar-refractivity contribution in [2.75, 3.05) is 12.8 Å². The topological polar surface area (TPSA) is 98.2 Å². The van der Waals surface area contributed by atoms with Crippen LogP contribution in [0.3, 0.4) is 0 Å². The number of halogens is 3. The van der Waals surface area contributed by atoms with E-state index in [2.05, 4.69) is 14.5 Å². The zero-order valence-electron chi connectivity index (χ0n) is 8.91. The summed E-state index contributed by atoms with van der Waals surface area (Å²) in [5, 5.41) is 8.72. The molecule has 0 aliphatic heterocycles. The predicted molar refractivity (Wildman–Crippen MR) is 51.4 cm³/mol. The molecule has 0 aliphatic carbocycles. The second kappa shape index (κ2) is 4.79. The number of nitrogen functional groups attached to an aromatic ring is 1. The van der Waals surface area contributed by atoms with E-state index < -0.39 is 29.3 Å². The number of methoxy groups -OCH3 is 1. The molecule has 0 aromatic carbocycles.